The minimum atomic E-state index is -1.18. The summed E-state index contributed by atoms with van der Waals surface area (Å²) in [6.07, 6.45) is 4.08. The predicted molar refractivity (Wildman–Crippen MR) is 95.9 cm³/mol. The number of pyridine rings is 1. The Labute approximate surface area is 151 Å². The number of nitrogens with one attached hydrogen (secondary N) is 1. The van der Waals surface area contributed by atoms with E-state index in [-0.39, 0.29) is 30.5 Å². The minimum absolute atomic E-state index is 0.231. The summed E-state index contributed by atoms with van der Waals surface area (Å²) in [5.74, 6) is -1.03. The number of ether oxygens (including phenoxy) is 1. The molecule has 26 heavy (non-hydrogen) atoms. The number of anilines is 1. The van der Waals surface area contributed by atoms with Gasteiger partial charge in [0.15, 0.2) is 0 Å². The molecule has 3 N–H and O–H groups in total. The first-order chi connectivity index (χ1) is 12.3. The first-order valence-electron chi connectivity index (χ1n) is 8.15. The highest BCUT2D eigenvalue weighted by Gasteiger charge is 2.28. The molecule has 0 aliphatic rings. The molecule has 2 rings (SSSR count). The van der Waals surface area contributed by atoms with Crippen LogP contribution in [0.1, 0.15) is 24.5 Å². The van der Waals surface area contributed by atoms with Crippen molar-refractivity contribution in [1.82, 2.24) is 4.98 Å². The van der Waals surface area contributed by atoms with Gasteiger partial charge in [0.1, 0.15) is 5.82 Å². The maximum atomic E-state index is 13.0. The minimum Gasteiger partial charge on any atom is -0.469 e. The van der Waals surface area contributed by atoms with E-state index in [0.717, 1.165) is 11.1 Å². The van der Waals surface area contributed by atoms with Crippen LogP contribution in [0.15, 0.2) is 42.7 Å². The van der Waals surface area contributed by atoms with E-state index in [1.807, 2.05) is 0 Å². The van der Waals surface area contributed by atoms with Gasteiger partial charge in [0.25, 0.3) is 0 Å². The van der Waals surface area contributed by atoms with Crippen molar-refractivity contribution in [3.05, 3.63) is 59.7 Å². The van der Waals surface area contributed by atoms with Crippen molar-refractivity contribution in [1.29, 1.82) is 0 Å². The van der Waals surface area contributed by atoms with Crippen molar-refractivity contribution < 1.29 is 18.7 Å². The number of halogens is 1. The lowest BCUT2D eigenvalue weighted by Crippen LogP contribution is -2.50. The zero-order chi connectivity index (χ0) is 19.2. The van der Waals surface area contributed by atoms with Crippen molar-refractivity contribution in [2.45, 2.75) is 31.7 Å². The Balaban J connectivity index is 2.01. The van der Waals surface area contributed by atoms with E-state index in [2.05, 4.69) is 15.0 Å². The number of rotatable bonds is 7. The predicted octanol–water partition coefficient (Wildman–Crippen LogP) is 2.22. The van der Waals surface area contributed by atoms with Crippen LogP contribution in [0.2, 0.25) is 0 Å². The molecule has 1 aromatic heterocycles. The van der Waals surface area contributed by atoms with Crippen molar-refractivity contribution in [3.63, 3.8) is 0 Å². The monoisotopic (exact) mass is 359 g/mol. The van der Waals surface area contributed by atoms with Gasteiger partial charge in [-0.2, -0.15) is 0 Å². The van der Waals surface area contributed by atoms with E-state index in [1.54, 1.807) is 31.3 Å². The van der Waals surface area contributed by atoms with Crippen LogP contribution in [0.5, 0.6) is 0 Å². The number of hydrogen-bond acceptors (Lipinski definition) is 5. The highest BCUT2D eigenvalue weighted by atomic mass is 19.1. The average molecular weight is 359 g/mol. The molecule has 6 nitrogen and oxygen atoms in total. The molecule has 0 aliphatic heterocycles. The Kier molecular flexibility index (Phi) is 6.41. The van der Waals surface area contributed by atoms with Crippen molar-refractivity contribution in [2.24, 2.45) is 5.73 Å². The molecule has 0 spiro atoms. The van der Waals surface area contributed by atoms with E-state index in [0.29, 0.717) is 12.1 Å². The van der Waals surface area contributed by atoms with Gasteiger partial charge in [-0.1, -0.05) is 12.1 Å². The van der Waals surface area contributed by atoms with E-state index in [1.165, 1.54) is 25.4 Å². The van der Waals surface area contributed by atoms with Crippen LogP contribution >= 0.6 is 0 Å². The number of nitrogens with zero attached hydrogens (tertiary/aromatic N) is 1. The van der Waals surface area contributed by atoms with Crippen LogP contribution in [-0.4, -0.2) is 29.5 Å². The van der Waals surface area contributed by atoms with Gasteiger partial charge in [0.05, 0.1) is 24.5 Å². The van der Waals surface area contributed by atoms with E-state index < -0.39 is 5.54 Å². The standard InChI is InChI=1S/C19H22FN3O3/c1-19(21,10-13-3-6-15(20)7-4-13)18(25)23-16-9-14(11-22-12-16)5-8-17(24)26-2/h3-4,6-7,9,11-12H,5,8,10,21H2,1-2H3,(H,23,25). The van der Waals surface area contributed by atoms with Crippen LogP contribution in [0.25, 0.3) is 0 Å². The van der Waals surface area contributed by atoms with E-state index in [9.17, 15) is 14.0 Å². The fourth-order valence-electron chi connectivity index (χ4n) is 2.42. The Morgan fingerprint density at radius 3 is 2.58 bits per heavy atom. The molecule has 2 aromatic rings. The normalized spacial score (nSPS) is 12.9. The van der Waals surface area contributed by atoms with Crippen molar-refractivity contribution >= 4 is 17.6 Å². The number of carbonyl (C=O) groups excluding carboxylic acids is 2. The molecule has 138 valence electrons. The second-order valence-electron chi connectivity index (χ2n) is 6.33. The largest absolute Gasteiger partial charge is 0.469 e. The molecular formula is C19H22FN3O3. The van der Waals surface area contributed by atoms with E-state index >= 15 is 0 Å². The van der Waals surface area contributed by atoms with Crippen LogP contribution in [-0.2, 0) is 27.2 Å². The number of amides is 1. The second-order valence-corrected chi connectivity index (χ2v) is 6.33. The highest BCUT2D eigenvalue weighted by Crippen LogP contribution is 2.16. The van der Waals surface area contributed by atoms with E-state index in [4.69, 9.17) is 5.73 Å². The van der Waals surface area contributed by atoms with Gasteiger partial charge in [-0.3, -0.25) is 14.6 Å². The number of esters is 1. The van der Waals surface area contributed by atoms with Gasteiger partial charge in [0.2, 0.25) is 5.91 Å². The number of benzene rings is 1. The summed E-state index contributed by atoms with van der Waals surface area (Å²) in [4.78, 5) is 27.8. The molecule has 1 heterocycles. The second kappa shape index (κ2) is 8.53. The lowest BCUT2D eigenvalue weighted by Gasteiger charge is -2.23. The third-order valence-electron chi connectivity index (χ3n) is 3.90. The van der Waals surface area contributed by atoms with Crippen molar-refractivity contribution in [3.8, 4) is 0 Å². The Hall–Kier alpha value is -2.80. The summed E-state index contributed by atoms with van der Waals surface area (Å²) in [7, 11) is 1.33. The molecule has 0 aliphatic carbocycles. The van der Waals surface area contributed by atoms with Gasteiger partial charge in [-0.25, -0.2) is 4.39 Å². The summed E-state index contributed by atoms with van der Waals surface area (Å²) in [5.41, 5.74) is 7.02. The number of carbonyl (C=O) groups is 2. The summed E-state index contributed by atoms with van der Waals surface area (Å²) in [6.45, 7) is 1.61. The molecule has 1 atom stereocenters. The summed E-state index contributed by atoms with van der Waals surface area (Å²) in [6, 6.07) is 7.60. The number of methoxy groups -OCH3 is 1. The van der Waals surface area contributed by atoms with Crippen LogP contribution in [0, 0.1) is 5.82 Å². The first kappa shape index (κ1) is 19.5. The molecule has 0 radical (unpaired) electrons. The molecule has 1 amide bonds. The third kappa shape index (κ3) is 5.63. The van der Waals surface area contributed by atoms with Crippen molar-refractivity contribution in [2.75, 3.05) is 12.4 Å². The summed E-state index contributed by atoms with van der Waals surface area (Å²) >= 11 is 0. The highest BCUT2D eigenvalue weighted by molar-refractivity contribution is 5.97. The number of nitrogens with two attached hydrogens (primary N) is 1. The van der Waals surface area contributed by atoms with Gasteiger partial charge in [-0.15, -0.1) is 0 Å². The van der Waals surface area contributed by atoms with Gasteiger partial charge < -0.3 is 15.8 Å². The van der Waals surface area contributed by atoms with Gasteiger partial charge >= 0.3 is 5.97 Å². The zero-order valence-corrected chi connectivity index (χ0v) is 14.8. The van der Waals surface area contributed by atoms with Gasteiger partial charge in [-0.05, 0) is 49.1 Å². The number of hydrogen-bond donors (Lipinski definition) is 2. The zero-order valence-electron chi connectivity index (χ0n) is 14.8. The lowest BCUT2D eigenvalue weighted by molar-refractivity contribution is -0.140. The topological polar surface area (TPSA) is 94.3 Å². The quantitative estimate of drug-likeness (QED) is 0.739. The molecule has 0 saturated heterocycles. The molecule has 0 saturated carbocycles. The lowest BCUT2D eigenvalue weighted by atomic mass is 9.93. The Bertz CT molecular complexity index is 776. The molecule has 1 aromatic carbocycles. The number of aromatic nitrogens is 1. The van der Waals surface area contributed by atoms with Gasteiger partial charge in [0, 0.05) is 12.6 Å². The smallest absolute Gasteiger partial charge is 0.305 e. The third-order valence-corrected chi connectivity index (χ3v) is 3.90. The van der Waals surface area contributed by atoms with Crippen LogP contribution in [0.4, 0.5) is 10.1 Å². The number of aryl methyl sites for hydroxylation is 1. The SMILES string of the molecule is COC(=O)CCc1cncc(NC(=O)C(C)(N)Cc2ccc(F)cc2)c1. The summed E-state index contributed by atoms with van der Waals surface area (Å²) in [5, 5.41) is 2.74. The Morgan fingerprint density at radius 1 is 1.23 bits per heavy atom. The molecular weight excluding hydrogens is 337 g/mol. The first-order valence-corrected chi connectivity index (χ1v) is 8.15. The fourth-order valence-corrected chi connectivity index (χ4v) is 2.42. The molecule has 1 unspecified atom stereocenters. The fraction of sp³-hybridized carbons (Fsp3) is 0.316. The Morgan fingerprint density at radius 2 is 1.92 bits per heavy atom. The average Bonchev–Trinajstić information content (AvgIpc) is 2.61. The maximum Gasteiger partial charge on any atom is 0.305 e. The molecule has 7 heteroatoms. The maximum absolute atomic E-state index is 13.0. The van der Waals surface area contributed by atoms with Crippen LogP contribution < -0.4 is 11.1 Å². The van der Waals surface area contributed by atoms with Crippen LogP contribution in [0.3, 0.4) is 0 Å². The molecule has 0 bridgehead atoms. The summed E-state index contributed by atoms with van der Waals surface area (Å²) < 4.78 is 17.6. The molecule has 0 fully saturated rings.